The molecule has 0 bridgehead atoms. The SMILES string of the molecule is O=[PH]([O-])c1ccccc1.O=[PH]([O-])c1ccccc1.O=[PH]([O-])c1ccccc1.[Nd+3]. The molecule has 0 aromatic heterocycles. The van der Waals surface area contributed by atoms with Gasteiger partial charge in [-0.25, -0.2) is 0 Å². The molecule has 3 unspecified atom stereocenters. The fourth-order valence-corrected chi connectivity index (χ4v) is 3.12. The van der Waals surface area contributed by atoms with E-state index >= 15 is 0 Å². The number of rotatable bonds is 3. The van der Waals surface area contributed by atoms with Gasteiger partial charge in [0.15, 0.2) is 0 Å². The summed E-state index contributed by atoms with van der Waals surface area (Å²) in [5.41, 5.74) is 0. The van der Waals surface area contributed by atoms with Gasteiger partial charge in [-0.3, -0.25) is 0 Å². The molecule has 0 aliphatic carbocycles. The average molecular weight is 567 g/mol. The van der Waals surface area contributed by atoms with Crippen LogP contribution in [0.3, 0.4) is 0 Å². The van der Waals surface area contributed by atoms with Crippen LogP contribution in [0.1, 0.15) is 0 Å². The van der Waals surface area contributed by atoms with Gasteiger partial charge < -0.3 is 28.4 Å². The summed E-state index contributed by atoms with van der Waals surface area (Å²) in [5, 5.41) is 1.22. The Bertz CT molecular complexity index is 747. The molecule has 10 heteroatoms. The van der Waals surface area contributed by atoms with E-state index in [1.165, 1.54) is 0 Å². The number of hydrogen-bond donors (Lipinski definition) is 0. The van der Waals surface area contributed by atoms with Crippen molar-refractivity contribution < 1.29 is 69.2 Å². The van der Waals surface area contributed by atoms with Crippen molar-refractivity contribution in [3.8, 4) is 0 Å². The summed E-state index contributed by atoms with van der Waals surface area (Å²) in [4.78, 5) is 30.8. The van der Waals surface area contributed by atoms with E-state index in [2.05, 4.69) is 0 Å². The zero-order valence-electron chi connectivity index (χ0n) is 14.6. The predicted octanol–water partition coefficient (Wildman–Crippen LogP) is 0.441. The number of hydrogen-bond acceptors (Lipinski definition) is 6. The fourth-order valence-electron chi connectivity index (χ4n) is 1.72. The second-order valence-electron chi connectivity index (χ2n) is 4.96. The zero-order valence-corrected chi connectivity index (χ0v) is 20.8. The fraction of sp³-hybridized carbons (Fsp3) is 0. The van der Waals surface area contributed by atoms with Crippen molar-refractivity contribution in [2.24, 2.45) is 0 Å². The summed E-state index contributed by atoms with van der Waals surface area (Å²) < 4.78 is 30.8. The molecule has 3 aromatic carbocycles. The topological polar surface area (TPSA) is 120 Å². The van der Waals surface area contributed by atoms with E-state index in [9.17, 15) is 28.4 Å². The minimum absolute atomic E-state index is 0. The molecule has 6 nitrogen and oxygen atoms in total. The van der Waals surface area contributed by atoms with Crippen LogP contribution in [-0.4, -0.2) is 0 Å². The van der Waals surface area contributed by atoms with E-state index in [1.807, 2.05) is 0 Å². The van der Waals surface area contributed by atoms with Gasteiger partial charge in [0.05, 0.1) is 0 Å². The van der Waals surface area contributed by atoms with Crippen molar-refractivity contribution in [1.29, 1.82) is 0 Å². The first-order chi connectivity index (χ1) is 12.9. The van der Waals surface area contributed by atoms with Crippen LogP contribution < -0.4 is 30.6 Å². The second-order valence-corrected chi connectivity index (χ2v) is 8.42. The normalized spacial score (nSPS) is 12.5. The molecule has 0 amide bonds. The molecule has 1 radical (unpaired) electrons. The molecule has 0 fully saturated rings. The Balaban J connectivity index is 0.000000384. The molecule has 0 N–H and O–H groups in total. The molecule has 28 heavy (non-hydrogen) atoms. The molecule has 0 spiro atoms. The molecule has 0 saturated heterocycles. The Hall–Kier alpha value is -0.419. The van der Waals surface area contributed by atoms with E-state index < -0.39 is 24.1 Å². The summed E-state index contributed by atoms with van der Waals surface area (Å²) in [6, 6.07) is 25.0. The van der Waals surface area contributed by atoms with Crippen LogP contribution in [0.2, 0.25) is 0 Å². The van der Waals surface area contributed by atoms with Gasteiger partial charge in [0.25, 0.3) is 0 Å². The van der Waals surface area contributed by atoms with E-state index in [4.69, 9.17) is 0 Å². The molecular weight excluding hydrogens is 549 g/mol. The van der Waals surface area contributed by atoms with Crippen molar-refractivity contribution in [3.63, 3.8) is 0 Å². The number of benzene rings is 3. The van der Waals surface area contributed by atoms with Crippen LogP contribution in [0.4, 0.5) is 0 Å². The summed E-state index contributed by atoms with van der Waals surface area (Å²) in [6.07, 6.45) is 0. The van der Waals surface area contributed by atoms with Crippen molar-refractivity contribution in [1.82, 2.24) is 0 Å². The van der Waals surface area contributed by atoms with Crippen molar-refractivity contribution in [3.05, 3.63) is 91.0 Å². The Kier molecular flexibility index (Phi) is 16.1. The predicted molar refractivity (Wildman–Crippen MR) is 105 cm³/mol. The van der Waals surface area contributed by atoms with Crippen LogP contribution in [0.25, 0.3) is 0 Å². The molecule has 3 atom stereocenters. The van der Waals surface area contributed by atoms with Crippen LogP contribution in [-0.2, 0) is 13.7 Å². The summed E-state index contributed by atoms with van der Waals surface area (Å²) >= 11 is 0. The van der Waals surface area contributed by atoms with Gasteiger partial charge in [0.2, 0.25) is 0 Å². The maximum Gasteiger partial charge on any atom is 3.00 e. The standard InChI is InChI=1S/3C6H7O2P.Nd/c3*7-9(8)6-4-2-1-3-5-6;/h3*1-5,9H,(H,7,8);/q;;;+3/p-3. The van der Waals surface area contributed by atoms with Gasteiger partial charge in [0, 0.05) is 24.1 Å². The second kappa shape index (κ2) is 16.4. The minimum Gasteiger partial charge on any atom is -0.798 e. The van der Waals surface area contributed by atoms with Crippen molar-refractivity contribution >= 4 is 40.0 Å². The third-order valence-corrected chi connectivity index (χ3v) is 5.44. The first-order valence-corrected chi connectivity index (χ1v) is 11.7. The van der Waals surface area contributed by atoms with E-state index in [-0.39, 0.29) is 40.8 Å². The zero-order chi connectivity index (χ0) is 20.1. The third-order valence-electron chi connectivity index (χ3n) is 3.03. The Morgan fingerprint density at radius 1 is 0.429 bits per heavy atom. The molecule has 0 aliphatic heterocycles. The Morgan fingerprint density at radius 3 is 0.714 bits per heavy atom. The molecule has 0 saturated carbocycles. The molecule has 0 heterocycles. The van der Waals surface area contributed by atoms with E-state index in [1.54, 1.807) is 91.0 Å². The average Bonchev–Trinajstić information content (AvgIpc) is 2.71. The third kappa shape index (κ3) is 12.2. The quantitative estimate of drug-likeness (QED) is 0.424. The molecule has 145 valence electrons. The molecule has 3 aromatic rings. The van der Waals surface area contributed by atoms with E-state index in [0.29, 0.717) is 15.9 Å². The summed E-state index contributed by atoms with van der Waals surface area (Å²) in [5.74, 6) is 0. The molecule has 3 rings (SSSR count). The Morgan fingerprint density at radius 2 is 0.607 bits per heavy atom. The Labute approximate surface area is 198 Å². The van der Waals surface area contributed by atoms with Gasteiger partial charge in [-0.05, 0) is 15.9 Å². The molecular formula is C18H18NdO6P3. The van der Waals surface area contributed by atoms with Crippen LogP contribution in [0.5, 0.6) is 0 Å². The van der Waals surface area contributed by atoms with Gasteiger partial charge in [-0.1, -0.05) is 91.0 Å². The summed E-state index contributed by atoms with van der Waals surface area (Å²) in [7, 11) is -8.14. The van der Waals surface area contributed by atoms with E-state index in [0.717, 1.165) is 0 Å². The van der Waals surface area contributed by atoms with Gasteiger partial charge >= 0.3 is 40.8 Å². The monoisotopic (exact) mass is 565 g/mol. The molecule has 0 aliphatic rings. The van der Waals surface area contributed by atoms with Crippen molar-refractivity contribution in [2.45, 2.75) is 0 Å². The van der Waals surface area contributed by atoms with Gasteiger partial charge in [-0.2, -0.15) is 0 Å². The van der Waals surface area contributed by atoms with Gasteiger partial charge in [0.1, 0.15) is 0 Å². The van der Waals surface area contributed by atoms with Crippen molar-refractivity contribution in [2.75, 3.05) is 0 Å². The van der Waals surface area contributed by atoms with Crippen LogP contribution in [0.15, 0.2) is 91.0 Å². The maximum atomic E-state index is 10.3. The van der Waals surface area contributed by atoms with Crippen LogP contribution in [0, 0.1) is 40.8 Å². The first-order valence-electron chi connectivity index (χ1n) is 7.71. The smallest absolute Gasteiger partial charge is 0.798 e. The summed E-state index contributed by atoms with van der Waals surface area (Å²) in [6.45, 7) is 0. The minimum atomic E-state index is -2.71. The van der Waals surface area contributed by atoms with Crippen LogP contribution >= 0.6 is 24.1 Å². The first kappa shape index (κ1) is 27.6. The maximum absolute atomic E-state index is 10.3. The largest absolute Gasteiger partial charge is 3.00 e. The van der Waals surface area contributed by atoms with Gasteiger partial charge in [-0.15, -0.1) is 0 Å².